The Balaban J connectivity index is 0.000000531. The summed E-state index contributed by atoms with van der Waals surface area (Å²) in [5.74, 6) is 0. The molecule has 0 saturated carbocycles. The largest absolute Gasteiger partial charge is 0.383 e. The number of nitrogens with zero attached hydrogens (tertiary/aromatic N) is 1. The van der Waals surface area contributed by atoms with Crippen LogP contribution in [0, 0.1) is 5.41 Å². The minimum atomic E-state index is 0.401. The van der Waals surface area contributed by atoms with Crippen molar-refractivity contribution >= 4 is 0 Å². The SMILES string of the molecule is CC.COCC12CCCN1CC(C)(C)C2. The highest BCUT2D eigenvalue weighted by Gasteiger charge is 2.51. The van der Waals surface area contributed by atoms with Crippen LogP contribution in [0.4, 0.5) is 0 Å². The van der Waals surface area contributed by atoms with Crippen molar-refractivity contribution in [2.24, 2.45) is 5.41 Å². The number of hydrogen-bond donors (Lipinski definition) is 0. The normalized spacial score (nSPS) is 33.4. The standard InChI is InChI=1S/C11H21NO.C2H6/c1-10(2)7-11(9-13-3)5-4-6-12(11)8-10;1-2/h4-9H2,1-3H3;1-2H3. The molecule has 2 aliphatic heterocycles. The van der Waals surface area contributed by atoms with Gasteiger partial charge < -0.3 is 4.74 Å². The third-order valence-electron chi connectivity index (χ3n) is 3.58. The minimum absolute atomic E-state index is 0.401. The van der Waals surface area contributed by atoms with Crippen molar-refractivity contribution in [3.8, 4) is 0 Å². The van der Waals surface area contributed by atoms with Gasteiger partial charge in [-0.25, -0.2) is 0 Å². The molecule has 2 aliphatic rings. The van der Waals surface area contributed by atoms with Gasteiger partial charge in [-0.3, -0.25) is 4.90 Å². The first kappa shape index (κ1) is 13.0. The van der Waals surface area contributed by atoms with E-state index in [0.29, 0.717) is 11.0 Å². The Morgan fingerprint density at radius 2 is 1.93 bits per heavy atom. The van der Waals surface area contributed by atoms with Gasteiger partial charge in [-0.15, -0.1) is 0 Å². The molecule has 0 bridgehead atoms. The molecule has 1 unspecified atom stereocenters. The van der Waals surface area contributed by atoms with Crippen molar-refractivity contribution in [3.63, 3.8) is 0 Å². The topological polar surface area (TPSA) is 12.5 Å². The number of rotatable bonds is 2. The Hall–Kier alpha value is -0.0800. The molecule has 2 heterocycles. The fraction of sp³-hybridized carbons (Fsp3) is 1.00. The van der Waals surface area contributed by atoms with Crippen LogP contribution in [-0.2, 0) is 4.74 Å². The Kier molecular flexibility index (Phi) is 4.19. The van der Waals surface area contributed by atoms with E-state index in [9.17, 15) is 0 Å². The zero-order chi connectivity index (χ0) is 11.5. The molecule has 0 aromatic rings. The number of fused-ring (bicyclic) bond motifs is 1. The molecule has 2 saturated heterocycles. The van der Waals surface area contributed by atoms with Gasteiger partial charge in [0.1, 0.15) is 0 Å². The first-order valence-corrected chi connectivity index (χ1v) is 6.32. The molecule has 0 aromatic carbocycles. The van der Waals surface area contributed by atoms with Gasteiger partial charge in [0.05, 0.1) is 6.61 Å². The van der Waals surface area contributed by atoms with Crippen LogP contribution in [0.2, 0.25) is 0 Å². The number of hydrogen-bond acceptors (Lipinski definition) is 2. The van der Waals surface area contributed by atoms with Crippen molar-refractivity contribution in [1.29, 1.82) is 0 Å². The molecule has 0 radical (unpaired) electrons. The smallest absolute Gasteiger partial charge is 0.0646 e. The average molecular weight is 213 g/mol. The van der Waals surface area contributed by atoms with Crippen LogP contribution in [0.1, 0.15) is 47.0 Å². The summed E-state index contributed by atoms with van der Waals surface area (Å²) in [6.45, 7) is 12.2. The van der Waals surface area contributed by atoms with Crippen LogP contribution in [-0.4, -0.2) is 37.2 Å². The van der Waals surface area contributed by atoms with Gasteiger partial charge in [0.25, 0.3) is 0 Å². The lowest BCUT2D eigenvalue weighted by Crippen LogP contribution is -2.42. The van der Waals surface area contributed by atoms with Crippen LogP contribution in [0.3, 0.4) is 0 Å². The fourth-order valence-corrected chi connectivity index (χ4v) is 3.39. The summed E-state index contributed by atoms with van der Waals surface area (Å²) in [7, 11) is 1.83. The molecule has 2 rings (SSSR count). The maximum atomic E-state index is 5.38. The van der Waals surface area contributed by atoms with E-state index < -0.39 is 0 Å². The maximum absolute atomic E-state index is 5.38. The second-order valence-corrected chi connectivity index (χ2v) is 5.52. The lowest BCUT2D eigenvalue weighted by molar-refractivity contribution is 0.0650. The van der Waals surface area contributed by atoms with E-state index in [0.717, 1.165) is 6.61 Å². The monoisotopic (exact) mass is 213 g/mol. The molecule has 0 aliphatic carbocycles. The first-order chi connectivity index (χ1) is 7.08. The lowest BCUT2D eigenvalue weighted by Gasteiger charge is -2.31. The molecule has 0 spiro atoms. The van der Waals surface area contributed by atoms with Crippen LogP contribution in [0.15, 0.2) is 0 Å². The van der Waals surface area contributed by atoms with Gasteiger partial charge in [0.2, 0.25) is 0 Å². The molecular weight excluding hydrogens is 186 g/mol. The summed E-state index contributed by atoms with van der Waals surface area (Å²) in [6.07, 6.45) is 4.01. The highest BCUT2D eigenvalue weighted by molar-refractivity contribution is 5.06. The molecule has 90 valence electrons. The van der Waals surface area contributed by atoms with E-state index in [1.807, 2.05) is 21.0 Å². The average Bonchev–Trinajstić information content (AvgIpc) is 2.60. The summed E-state index contributed by atoms with van der Waals surface area (Å²) in [5.41, 5.74) is 0.900. The van der Waals surface area contributed by atoms with Crippen molar-refractivity contribution < 1.29 is 4.74 Å². The third-order valence-corrected chi connectivity index (χ3v) is 3.58. The van der Waals surface area contributed by atoms with Crippen LogP contribution < -0.4 is 0 Å². The maximum Gasteiger partial charge on any atom is 0.0646 e. The molecule has 15 heavy (non-hydrogen) atoms. The van der Waals surface area contributed by atoms with E-state index in [1.54, 1.807) is 0 Å². The molecule has 0 amide bonds. The predicted molar refractivity (Wildman–Crippen MR) is 65.2 cm³/mol. The van der Waals surface area contributed by atoms with E-state index in [-0.39, 0.29) is 0 Å². The predicted octanol–water partition coefficient (Wildman–Crippen LogP) is 2.92. The van der Waals surface area contributed by atoms with Gasteiger partial charge >= 0.3 is 0 Å². The summed E-state index contributed by atoms with van der Waals surface area (Å²) >= 11 is 0. The molecule has 0 N–H and O–H groups in total. The molecular formula is C13H27NO. The van der Waals surface area contributed by atoms with Crippen molar-refractivity contribution in [2.45, 2.75) is 52.5 Å². The van der Waals surface area contributed by atoms with Crippen LogP contribution >= 0.6 is 0 Å². The summed E-state index contributed by atoms with van der Waals surface area (Å²) in [5, 5.41) is 0. The Bertz CT molecular complexity index is 203. The van der Waals surface area contributed by atoms with Crippen LogP contribution in [0.25, 0.3) is 0 Å². The molecule has 1 atom stereocenters. The molecule has 0 aromatic heterocycles. The fourth-order valence-electron chi connectivity index (χ4n) is 3.39. The number of methoxy groups -OCH3 is 1. The van der Waals surface area contributed by atoms with Crippen LogP contribution in [0.5, 0.6) is 0 Å². The van der Waals surface area contributed by atoms with Gasteiger partial charge in [-0.05, 0) is 31.2 Å². The van der Waals surface area contributed by atoms with Gasteiger partial charge in [0, 0.05) is 19.2 Å². The summed E-state index contributed by atoms with van der Waals surface area (Å²) in [4.78, 5) is 2.65. The van der Waals surface area contributed by atoms with Gasteiger partial charge in [-0.1, -0.05) is 27.7 Å². The molecule has 2 heteroatoms. The van der Waals surface area contributed by atoms with Crippen molar-refractivity contribution in [2.75, 3.05) is 26.8 Å². The zero-order valence-electron chi connectivity index (χ0n) is 11.1. The highest BCUT2D eigenvalue weighted by atomic mass is 16.5. The minimum Gasteiger partial charge on any atom is -0.383 e. The van der Waals surface area contributed by atoms with Gasteiger partial charge in [-0.2, -0.15) is 0 Å². The quantitative estimate of drug-likeness (QED) is 0.699. The lowest BCUT2D eigenvalue weighted by atomic mass is 9.83. The van der Waals surface area contributed by atoms with Gasteiger partial charge in [0.15, 0.2) is 0 Å². The van der Waals surface area contributed by atoms with Crippen molar-refractivity contribution in [3.05, 3.63) is 0 Å². The second kappa shape index (κ2) is 4.84. The molecule has 2 nitrogen and oxygen atoms in total. The summed E-state index contributed by atoms with van der Waals surface area (Å²) in [6, 6.07) is 0. The van der Waals surface area contributed by atoms with E-state index >= 15 is 0 Å². The van der Waals surface area contributed by atoms with E-state index in [4.69, 9.17) is 4.74 Å². The zero-order valence-corrected chi connectivity index (χ0v) is 11.1. The Labute approximate surface area is 95.0 Å². The van der Waals surface area contributed by atoms with E-state index in [2.05, 4.69) is 18.7 Å². The van der Waals surface area contributed by atoms with E-state index in [1.165, 1.54) is 32.4 Å². The Morgan fingerprint density at radius 3 is 2.53 bits per heavy atom. The first-order valence-electron chi connectivity index (χ1n) is 6.32. The summed E-state index contributed by atoms with van der Waals surface area (Å²) < 4.78 is 5.38. The number of ether oxygens (including phenoxy) is 1. The highest BCUT2D eigenvalue weighted by Crippen LogP contribution is 2.47. The third kappa shape index (κ3) is 2.54. The molecule has 2 fully saturated rings. The van der Waals surface area contributed by atoms with Crippen molar-refractivity contribution in [1.82, 2.24) is 4.90 Å². The Morgan fingerprint density at radius 1 is 1.27 bits per heavy atom. The second-order valence-electron chi connectivity index (χ2n) is 5.52.